The minimum atomic E-state index is -1.38. The summed E-state index contributed by atoms with van der Waals surface area (Å²) < 4.78 is 19.6. The van der Waals surface area contributed by atoms with E-state index >= 15 is 0 Å². The number of carbonyl (C=O) groups excluding carboxylic acids is 2. The van der Waals surface area contributed by atoms with Gasteiger partial charge in [0.1, 0.15) is 11.9 Å². The number of carbonyl (C=O) groups is 3. The number of amides is 2. The molecule has 0 bridgehead atoms. The average molecular weight is 509 g/mol. The number of nitrogens with one attached hydrogen (secondary N) is 2. The van der Waals surface area contributed by atoms with Gasteiger partial charge in [-0.3, -0.25) is 14.3 Å². The maximum atomic E-state index is 13.4. The molecule has 192 valence electrons. The molecule has 0 radical (unpaired) electrons. The molecule has 1 atom stereocenters. The van der Waals surface area contributed by atoms with Crippen molar-refractivity contribution in [3.63, 3.8) is 0 Å². The van der Waals surface area contributed by atoms with E-state index in [0.29, 0.717) is 17.4 Å². The minimum Gasteiger partial charge on any atom is -0.474 e. The van der Waals surface area contributed by atoms with Crippen molar-refractivity contribution in [2.24, 2.45) is 5.41 Å². The molecule has 1 unspecified atom stereocenters. The van der Waals surface area contributed by atoms with Gasteiger partial charge in [0.25, 0.3) is 5.91 Å². The Labute approximate surface area is 210 Å². The molecule has 37 heavy (non-hydrogen) atoms. The predicted molar refractivity (Wildman–Crippen MR) is 129 cm³/mol. The van der Waals surface area contributed by atoms with Gasteiger partial charge in [0.15, 0.2) is 11.5 Å². The van der Waals surface area contributed by atoms with Crippen LogP contribution < -0.4 is 10.6 Å². The standard InChI is InChI=1S/C25H25FN6O5/c1-25(2,3)20(22(34)27-12-18-28-23(24(35)36)37-31-18)29-21(33)19-16-6-4-5-7-17(16)32(30-19)13-14-8-10-15(26)11-9-14/h4-11,20H,12-13H2,1-3H3,(H,27,34)(H,29,33)(H,35,36). The molecule has 12 heteroatoms. The van der Waals surface area contributed by atoms with Crippen LogP contribution in [0.4, 0.5) is 4.39 Å². The van der Waals surface area contributed by atoms with Gasteiger partial charge in [-0.1, -0.05) is 56.3 Å². The van der Waals surface area contributed by atoms with Crippen molar-refractivity contribution in [1.29, 1.82) is 0 Å². The fourth-order valence-electron chi connectivity index (χ4n) is 3.73. The third kappa shape index (κ3) is 5.80. The van der Waals surface area contributed by atoms with Gasteiger partial charge in [0.05, 0.1) is 18.6 Å². The fourth-order valence-corrected chi connectivity index (χ4v) is 3.73. The summed E-state index contributed by atoms with van der Waals surface area (Å²) in [4.78, 5) is 41.0. The van der Waals surface area contributed by atoms with Gasteiger partial charge >= 0.3 is 11.9 Å². The van der Waals surface area contributed by atoms with E-state index in [-0.39, 0.29) is 23.9 Å². The van der Waals surface area contributed by atoms with Gasteiger partial charge in [-0.2, -0.15) is 10.1 Å². The van der Waals surface area contributed by atoms with Crippen molar-refractivity contribution in [2.75, 3.05) is 0 Å². The molecule has 0 saturated heterocycles. The second-order valence-corrected chi connectivity index (χ2v) is 9.46. The smallest absolute Gasteiger partial charge is 0.394 e. The molecule has 0 aliphatic rings. The molecule has 4 aromatic rings. The minimum absolute atomic E-state index is 0.0183. The Morgan fingerprint density at radius 2 is 1.81 bits per heavy atom. The highest BCUT2D eigenvalue weighted by Crippen LogP contribution is 2.23. The molecule has 11 nitrogen and oxygen atoms in total. The van der Waals surface area contributed by atoms with Crippen molar-refractivity contribution in [2.45, 2.75) is 39.9 Å². The number of benzene rings is 2. The van der Waals surface area contributed by atoms with E-state index < -0.39 is 35.1 Å². The van der Waals surface area contributed by atoms with Crippen molar-refractivity contribution >= 4 is 28.7 Å². The van der Waals surface area contributed by atoms with Crippen molar-refractivity contribution in [3.05, 3.63) is 77.3 Å². The lowest BCUT2D eigenvalue weighted by atomic mass is 9.86. The molecule has 2 heterocycles. The molecule has 0 aliphatic carbocycles. The number of fused-ring (bicyclic) bond motifs is 1. The Hall–Kier alpha value is -4.61. The van der Waals surface area contributed by atoms with E-state index in [2.05, 4.69) is 30.4 Å². The Morgan fingerprint density at radius 3 is 2.46 bits per heavy atom. The summed E-state index contributed by atoms with van der Waals surface area (Å²) in [7, 11) is 0. The monoisotopic (exact) mass is 508 g/mol. The van der Waals surface area contributed by atoms with Crippen LogP contribution in [0, 0.1) is 11.2 Å². The van der Waals surface area contributed by atoms with Gasteiger partial charge in [-0.05, 0) is 29.2 Å². The Balaban J connectivity index is 1.54. The summed E-state index contributed by atoms with van der Waals surface area (Å²) in [6.07, 6.45) is 0. The first-order chi connectivity index (χ1) is 17.5. The lowest BCUT2D eigenvalue weighted by molar-refractivity contribution is -0.125. The van der Waals surface area contributed by atoms with Gasteiger partial charge in [-0.15, -0.1) is 0 Å². The number of carboxylic acids is 1. The van der Waals surface area contributed by atoms with Crippen LogP contribution in [0.1, 0.15) is 53.3 Å². The number of halogens is 1. The van der Waals surface area contributed by atoms with Crippen molar-refractivity contribution in [3.8, 4) is 0 Å². The summed E-state index contributed by atoms with van der Waals surface area (Å²) >= 11 is 0. The van der Waals surface area contributed by atoms with Crippen LogP contribution in [0.5, 0.6) is 0 Å². The van der Waals surface area contributed by atoms with E-state index in [1.807, 2.05) is 12.1 Å². The van der Waals surface area contributed by atoms with Crippen LogP contribution in [0.2, 0.25) is 0 Å². The normalized spacial score (nSPS) is 12.3. The number of rotatable bonds is 8. The molecule has 0 fully saturated rings. The van der Waals surface area contributed by atoms with Crippen molar-refractivity contribution < 1.29 is 28.4 Å². The Kier molecular flexibility index (Phi) is 7.00. The largest absolute Gasteiger partial charge is 0.474 e. The van der Waals surface area contributed by atoms with Crippen molar-refractivity contribution in [1.82, 2.24) is 30.6 Å². The Morgan fingerprint density at radius 1 is 1.11 bits per heavy atom. The van der Waals surface area contributed by atoms with E-state index in [0.717, 1.165) is 5.56 Å². The van der Waals surface area contributed by atoms with E-state index in [4.69, 9.17) is 5.11 Å². The average Bonchev–Trinajstić information content (AvgIpc) is 3.47. The summed E-state index contributed by atoms with van der Waals surface area (Å²) in [5.74, 6) is -3.39. The van der Waals surface area contributed by atoms with Crippen LogP contribution in [0.15, 0.2) is 53.1 Å². The van der Waals surface area contributed by atoms with Gasteiger partial charge in [0, 0.05) is 5.39 Å². The number of nitrogens with zero attached hydrogens (tertiary/aromatic N) is 4. The van der Waals surface area contributed by atoms with Crippen LogP contribution in [-0.2, 0) is 17.9 Å². The second-order valence-electron chi connectivity index (χ2n) is 9.46. The maximum Gasteiger partial charge on any atom is 0.394 e. The first kappa shape index (κ1) is 25.5. The molecule has 0 spiro atoms. The highest BCUT2D eigenvalue weighted by Gasteiger charge is 2.34. The number of aromatic nitrogens is 4. The summed E-state index contributed by atoms with van der Waals surface area (Å²) in [5.41, 5.74) is 0.973. The summed E-state index contributed by atoms with van der Waals surface area (Å²) in [6, 6.07) is 12.2. The molecule has 0 aliphatic heterocycles. The summed E-state index contributed by atoms with van der Waals surface area (Å²) in [6.45, 7) is 5.51. The molecule has 2 amide bonds. The van der Waals surface area contributed by atoms with Gasteiger partial charge in [-0.25, -0.2) is 9.18 Å². The van der Waals surface area contributed by atoms with E-state index in [1.54, 1.807) is 49.7 Å². The number of hydrogen-bond donors (Lipinski definition) is 3. The van der Waals surface area contributed by atoms with Crippen LogP contribution in [-0.4, -0.2) is 48.9 Å². The highest BCUT2D eigenvalue weighted by atomic mass is 19.1. The predicted octanol–water partition coefficient (Wildman–Crippen LogP) is 2.77. The first-order valence-electron chi connectivity index (χ1n) is 11.4. The second kappa shape index (κ2) is 10.2. The zero-order chi connectivity index (χ0) is 26.7. The molecule has 2 aromatic heterocycles. The lowest BCUT2D eigenvalue weighted by Gasteiger charge is -2.30. The third-order valence-corrected chi connectivity index (χ3v) is 5.59. The fraction of sp³-hybridized carbons (Fsp3) is 0.280. The molecule has 3 N–H and O–H groups in total. The zero-order valence-corrected chi connectivity index (χ0v) is 20.4. The first-order valence-corrected chi connectivity index (χ1v) is 11.4. The van der Waals surface area contributed by atoms with Gasteiger partial charge in [0.2, 0.25) is 5.91 Å². The molecular weight excluding hydrogens is 483 g/mol. The van der Waals surface area contributed by atoms with Crippen LogP contribution in [0.3, 0.4) is 0 Å². The molecule has 4 rings (SSSR count). The van der Waals surface area contributed by atoms with E-state index in [1.165, 1.54) is 12.1 Å². The number of hydrogen-bond acceptors (Lipinski definition) is 7. The molecule has 0 saturated carbocycles. The number of carboxylic acid groups (broad SMARTS) is 1. The number of para-hydroxylation sites is 1. The third-order valence-electron chi connectivity index (χ3n) is 5.59. The summed E-state index contributed by atoms with van der Waals surface area (Å²) in [5, 5.41) is 22.9. The topological polar surface area (TPSA) is 152 Å². The van der Waals surface area contributed by atoms with Crippen LogP contribution in [0.25, 0.3) is 10.9 Å². The molecular formula is C25H25FN6O5. The number of aromatic carboxylic acids is 1. The quantitative estimate of drug-likeness (QED) is 0.329. The van der Waals surface area contributed by atoms with Gasteiger partial charge < -0.3 is 20.3 Å². The van der Waals surface area contributed by atoms with Crippen LogP contribution >= 0.6 is 0 Å². The highest BCUT2D eigenvalue weighted by molar-refractivity contribution is 6.06. The lowest BCUT2D eigenvalue weighted by Crippen LogP contribution is -2.53. The Bertz CT molecular complexity index is 1450. The zero-order valence-electron chi connectivity index (χ0n) is 20.4. The molecule has 2 aromatic carbocycles. The maximum absolute atomic E-state index is 13.4. The SMILES string of the molecule is CC(C)(C)C(NC(=O)c1nn(Cc2ccc(F)cc2)c2ccccc12)C(=O)NCc1noc(C(=O)O)n1. The van der Waals surface area contributed by atoms with E-state index in [9.17, 15) is 18.8 Å².